The minimum absolute atomic E-state index is 0.151. The van der Waals surface area contributed by atoms with Crippen molar-refractivity contribution < 1.29 is 30.6 Å². The molecule has 0 aliphatic carbocycles. The maximum Gasteiger partial charge on any atom is 0.121 e. The molecule has 0 amide bonds. The molecule has 6 aromatic carbocycles. The van der Waals surface area contributed by atoms with Crippen molar-refractivity contribution in [3.63, 3.8) is 0 Å². The summed E-state index contributed by atoms with van der Waals surface area (Å²) in [7, 11) is 0. The van der Waals surface area contributed by atoms with E-state index in [4.69, 9.17) is 10.2 Å². The molecule has 0 aliphatic heterocycles. The summed E-state index contributed by atoms with van der Waals surface area (Å²) < 4.78 is 0. The minimum atomic E-state index is -0.188. The molecule has 0 saturated carbocycles. The predicted octanol–water partition coefficient (Wildman–Crippen LogP) is 10.8. The van der Waals surface area contributed by atoms with Crippen LogP contribution in [-0.2, 0) is 17.3 Å². The van der Waals surface area contributed by atoms with Crippen LogP contribution in [-0.4, -0.2) is 30.6 Å². The Bertz CT molecular complexity index is 1910. The molecular weight excluding hydrogens is 661 g/mol. The van der Waals surface area contributed by atoms with Crippen molar-refractivity contribution in [3.8, 4) is 34.5 Å². The number of aromatic hydroxyl groups is 6. The molecule has 0 radical (unpaired) electrons. The molecule has 0 fully saturated rings. The first kappa shape index (κ1) is 39.9. The van der Waals surface area contributed by atoms with Gasteiger partial charge in [-0.25, -0.2) is 0 Å². The van der Waals surface area contributed by atoms with Gasteiger partial charge in [-0.1, -0.05) is 100 Å². The van der Waals surface area contributed by atoms with Crippen LogP contribution in [0.1, 0.15) is 83.3 Å². The Morgan fingerprint density at radius 3 is 0.830 bits per heavy atom. The first-order valence-electron chi connectivity index (χ1n) is 17.6. The molecule has 53 heavy (non-hydrogen) atoms. The topological polar surface area (TPSA) is 121 Å². The molecule has 6 aromatic rings. The molecule has 0 heterocycles. The third kappa shape index (κ3) is 10.1. The van der Waals surface area contributed by atoms with Gasteiger partial charge in [-0.05, 0) is 138 Å². The van der Waals surface area contributed by atoms with Crippen LogP contribution in [0.25, 0.3) is 0 Å². The fourth-order valence-electron chi connectivity index (χ4n) is 6.19. The number of hydrogen-bond acceptors (Lipinski definition) is 6. The third-order valence-corrected chi connectivity index (χ3v) is 9.88. The average Bonchev–Trinajstić information content (AvgIpc) is 3.12. The van der Waals surface area contributed by atoms with Gasteiger partial charge >= 0.3 is 0 Å². The van der Waals surface area contributed by atoms with E-state index in [-0.39, 0.29) is 33.8 Å². The largest absolute Gasteiger partial charge is 0.508 e. The summed E-state index contributed by atoms with van der Waals surface area (Å²) in [5, 5.41) is 56.8. The molecule has 0 aliphatic rings. The van der Waals surface area contributed by atoms with Crippen LogP contribution in [0.3, 0.4) is 0 Å². The number of phenolic OH excluding ortho intramolecular Hbond substituents is 6. The van der Waals surface area contributed by atoms with Crippen LogP contribution in [0.4, 0.5) is 0 Å². The molecule has 6 nitrogen and oxygen atoms in total. The standard InChI is InChI=1S/C19H24O2.C15H16O2.C13H12O2/c1-11-7-15(8-12(2)17(11)20)19(5,6)16-9-13(3)18(21)14(4)10-16;1-15(2,11-3-7-13(16)8-4-11)12-5-9-14(17)10-6-12;14-12-5-1-10(2-6-12)9-11-3-7-13(15)8-4-11/h7-10,20-21H,1-6H3;3-10,16-17H,1-2H3;1-8,14-15H,9H2. The van der Waals surface area contributed by atoms with E-state index in [1.54, 1.807) is 48.5 Å². The number of benzene rings is 6. The van der Waals surface area contributed by atoms with Gasteiger partial charge in [-0.2, -0.15) is 0 Å². The van der Waals surface area contributed by atoms with Gasteiger partial charge < -0.3 is 30.6 Å². The van der Waals surface area contributed by atoms with Crippen molar-refractivity contribution in [1.29, 1.82) is 0 Å². The Hall–Kier alpha value is -5.88. The molecule has 6 N–H and O–H groups in total. The molecule has 6 rings (SSSR count). The van der Waals surface area contributed by atoms with Crippen molar-refractivity contribution in [3.05, 3.63) is 177 Å². The van der Waals surface area contributed by atoms with Crippen LogP contribution >= 0.6 is 0 Å². The van der Waals surface area contributed by atoms with Crippen molar-refractivity contribution in [2.75, 3.05) is 0 Å². The summed E-state index contributed by atoms with van der Waals surface area (Å²) >= 11 is 0. The van der Waals surface area contributed by atoms with E-state index in [1.807, 2.05) is 100 Å². The number of rotatable bonds is 6. The fraction of sp³-hybridized carbons (Fsp3) is 0.234. The van der Waals surface area contributed by atoms with Gasteiger partial charge in [-0.15, -0.1) is 0 Å². The van der Waals surface area contributed by atoms with Crippen molar-refractivity contribution in [2.24, 2.45) is 0 Å². The van der Waals surface area contributed by atoms with Gasteiger partial charge in [0.15, 0.2) is 0 Å². The zero-order valence-corrected chi connectivity index (χ0v) is 31.9. The van der Waals surface area contributed by atoms with Crippen molar-refractivity contribution in [1.82, 2.24) is 0 Å². The minimum Gasteiger partial charge on any atom is -0.508 e. The second kappa shape index (κ2) is 16.6. The highest BCUT2D eigenvalue weighted by molar-refractivity contribution is 5.51. The van der Waals surface area contributed by atoms with Gasteiger partial charge in [-0.3, -0.25) is 0 Å². The third-order valence-electron chi connectivity index (χ3n) is 9.88. The monoisotopic (exact) mass is 712 g/mol. The summed E-state index contributed by atoms with van der Waals surface area (Å²) in [6.45, 7) is 16.3. The van der Waals surface area contributed by atoms with E-state index in [0.29, 0.717) is 11.5 Å². The van der Waals surface area contributed by atoms with Crippen LogP contribution < -0.4 is 0 Å². The summed E-state index contributed by atoms with van der Waals surface area (Å²) in [5.41, 5.74) is 10.1. The SMILES string of the molecule is CC(C)(c1ccc(O)cc1)c1ccc(O)cc1.Cc1cc(C(C)(C)c2cc(C)c(O)c(C)c2)cc(C)c1O.Oc1ccc(Cc2ccc(O)cc2)cc1. The smallest absolute Gasteiger partial charge is 0.121 e. The molecule has 0 unspecified atom stereocenters. The lowest BCUT2D eigenvalue weighted by atomic mass is 9.76. The second-order valence-electron chi connectivity index (χ2n) is 14.8. The Labute approximate surface area is 314 Å². The number of phenols is 6. The molecule has 0 saturated heterocycles. The molecule has 6 heteroatoms. The zero-order valence-electron chi connectivity index (χ0n) is 31.9. The van der Waals surface area contributed by atoms with Crippen molar-refractivity contribution >= 4 is 0 Å². The number of aryl methyl sites for hydroxylation is 4. The average molecular weight is 713 g/mol. The van der Waals surface area contributed by atoms with Gasteiger partial charge in [0.2, 0.25) is 0 Å². The van der Waals surface area contributed by atoms with Crippen molar-refractivity contribution in [2.45, 2.75) is 72.6 Å². The Morgan fingerprint density at radius 2 is 0.566 bits per heavy atom. The van der Waals surface area contributed by atoms with Crippen LogP contribution in [0, 0.1) is 27.7 Å². The highest BCUT2D eigenvalue weighted by Gasteiger charge is 2.26. The molecule has 0 bridgehead atoms. The van der Waals surface area contributed by atoms with E-state index in [2.05, 4.69) is 27.7 Å². The van der Waals surface area contributed by atoms with E-state index in [1.165, 1.54) is 11.1 Å². The Kier molecular flexibility index (Phi) is 12.5. The van der Waals surface area contributed by atoms with Crippen LogP contribution in [0.15, 0.2) is 121 Å². The van der Waals surface area contributed by atoms with Crippen LogP contribution in [0.5, 0.6) is 34.5 Å². The summed E-state index contributed by atoms with van der Waals surface area (Å²) in [6, 6.07) is 36.9. The molecule has 0 spiro atoms. The Balaban J connectivity index is 0.000000180. The lowest BCUT2D eigenvalue weighted by Crippen LogP contribution is -2.19. The van der Waals surface area contributed by atoms with Gasteiger partial charge in [0.25, 0.3) is 0 Å². The first-order valence-corrected chi connectivity index (χ1v) is 17.6. The molecular formula is C47H52O6. The van der Waals surface area contributed by atoms with E-state index in [0.717, 1.165) is 50.9 Å². The summed E-state index contributed by atoms with van der Waals surface area (Å²) in [5.74, 6) is 1.85. The second-order valence-corrected chi connectivity index (χ2v) is 14.8. The maximum absolute atomic E-state index is 9.96. The highest BCUT2D eigenvalue weighted by Crippen LogP contribution is 2.38. The molecule has 0 atom stereocenters. The normalized spacial score (nSPS) is 11.2. The van der Waals surface area contributed by atoms with Crippen LogP contribution in [0.2, 0.25) is 0 Å². The van der Waals surface area contributed by atoms with Gasteiger partial charge in [0, 0.05) is 10.8 Å². The fourth-order valence-corrected chi connectivity index (χ4v) is 6.19. The first-order chi connectivity index (χ1) is 24.9. The zero-order chi connectivity index (χ0) is 39.1. The lowest BCUT2D eigenvalue weighted by molar-refractivity contribution is 0.464. The number of hydrogen-bond donors (Lipinski definition) is 6. The van der Waals surface area contributed by atoms with E-state index in [9.17, 15) is 20.4 Å². The van der Waals surface area contributed by atoms with E-state index < -0.39 is 0 Å². The molecule has 276 valence electrons. The summed E-state index contributed by atoms with van der Waals surface area (Å²) in [4.78, 5) is 0. The van der Waals surface area contributed by atoms with Gasteiger partial charge in [0.1, 0.15) is 34.5 Å². The Morgan fingerprint density at radius 1 is 0.340 bits per heavy atom. The summed E-state index contributed by atoms with van der Waals surface area (Å²) in [6.07, 6.45) is 0.806. The van der Waals surface area contributed by atoms with E-state index >= 15 is 0 Å². The van der Waals surface area contributed by atoms with Gasteiger partial charge in [0.05, 0.1) is 0 Å². The quantitative estimate of drug-likeness (QED) is 0.102. The predicted molar refractivity (Wildman–Crippen MR) is 215 cm³/mol. The maximum atomic E-state index is 9.96. The molecule has 0 aromatic heterocycles. The lowest BCUT2D eigenvalue weighted by Gasteiger charge is -2.28. The highest BCUT2D eigenvalue weighted by atomic mass is 16.3.